The average molecular weight is 428 g/mol. The topological polar surface area (TPSA) is 77.2 Å². The maximum absolute atomic E-state index is 13.0. The SMILES string of the molecule is CC[C@@H](Oc1ccccc1-c1nnc(-c2ccccc2)o1)C(=O)Nc1cc(C)ccc1C. The molecule has 1 aromatic heterocycles. The summed E-state index contributed by atoms with van der Waals surface area (Å²) in [5.74, 6) is 1.07. The van der Waals surface area contributed by atoms with Gasteiger partial charge in [0.15, 0.2) is 6.10 Å². The highest BCUT2D eigenvalue weighted by molar-refractivity contribution is 5.95. The van der Waals surface area contributed by atoms with Gasteiger partial charge in [0.25, 0.3) is 11.8 Å². The summed E-state index contributed by atoms with van der Waals surface area (Å²) in [4.78, 5) is 13.0. The van der Waals surface area contributed by atoms with E-state index in [2.05, 4.69) is 15.5 Å². The first-order chi connectivity index (χ1) is 15.5. The van der Waals surface area contributed by atoms with E-state index in [0.29, 0.717) is 29.5 Å². The normalized spacial score (nSPS) is 11.7. The molecule has 3 aromatic carbocycles. The van der Waals surface area contributed by atoms with Crippen LogP contribution in [0, 0.1) is 13.8 Å². The number of nitrogens with zero attached hydrogens (tertiary/aromatic N) is 2. The van der Waals surface area contributed by atoms with E-state index in [9.17, 15) is 4.79 Å². The fourth-order valence-electron chi connectivity index (χ4n) is 3.33. The van der Waals surface area contributed by atoms with Crippen molar-refractivity contribution in [3.8, 4) is 28.7 Å². The minimum Gasteiger partial charge on any atom is -0.480 e. The van der Waals surface area contributed by atoms with Crippen LogP contribution in [0.5, 0.6) is 5.75 Å². The second-order valence-electron chi connectivity index (χ2n) is 7.60. The first-order valence-electron chi connectivity index (χ1n) is 10.6. The summed E-state index contributed by atoms with van der Waals surface area (Å²) in [7, 11) is 0. The Morgan fingerprint density at radius 1 is 0.969 bits per heavy atom. The summed E-state index contributed by atoms with van der Waals surface area (Å²) < 4.78 is 12.0. The van der Waals surface area contributed by atoms with Gasteiger partial charge in [-0.15, -0.1) is 10.2 Å². The van der Waals surface area contributed by atoms with Crippen LogP contribution in [-0.4, -0.2) is 22.2 Å². The van der Waals surface area contributed by atoms with Crippen LogP contribution in [0.3, 0.4) is 0 Å². The van der Waals surface area contributed by atoms with Crippen molar-refractivity contribution in [2.24, 2.45) is 0 Å². The molecule has 6 heteroatoms. The highest BCUT2D eigenvalue weighted by Gasteiger charge is 2.22. The van der Waals surface area contributed by atoms with Gasteiger partial charge in [0.05, 0.1) is 5.56 Å². The summed E-state index contributed by atoms with van der Waals surface area (Å²) in [5, 5.41) is 11.3. The number of aryl methyl sites for hydroxylation is 2. The number of hydrogen-bond donors (Lipinski definition) is 1. The minimum atomic E-state index is -0.674. The monoisotopic (exact) mass is 427 g/mol. The third kappa shape index (κ3) is 4.70. The Kier molecular flexibility index (Phi) is 6.31. The number of hydrogen-bond acceptors (Lipinski definition) is 5. The number of nitrogens with one attached hydrogen (secondary N) is 1. The van der Waals surface area contributed by atoms with Crippen molar-refractivity contribution in [2.45, 2.75) is 33.3 Å². The third-order valence-electron chi connectivity index (χ3n) is 5.15. The van der Waals surface area contributed by atoms with Crippen LogP contribution in [0.25, 0.3) is 22.9 Å². The molecular formula is C26H25N3O3. The number of aromatic nitrogens is 2. The summed E-state index contributed by atoms with van der Waals surface area (Å²) in [6.07, 6.45) is -0.169. The molecule has 0 fully saturated rings. The molecule has 1 heterocycles. The van der Waals surface area contributed by atoms with Gasteiger partial charge in [0.2, 0.25) is 5.89 Å². The Labute approximate surface area is 187 Å². The molecule has 6 nitrogen and oxygen atoms in total. The van der Waals surface area contributed by atoms with E-state index in [0.717, 1.165) is 22.4 Å². The molecule has 0 aliphatic heterocycles. The lowest BCUT2D eigenvalue weighted by Gasteiger charge is -2.19. The Hall–Kier alpha value is -3.93. The van der Waals surface area contributed by atoms with Crippen molar-refractivity contribution in [2.75, 3.05) is 5.32 Å². The van der Waals surface area contributed by atoms with E-state index in [1.165, 1.54) is 0 Å². The van der Waals surface area contributed by atoms with Gasteiger partial charge >= 0.3 is 0 Å². The second-order valence-corrected chi connectivity index (χ2v) is 7.60. The number of ether oxygens (including phenoxy) is 1. The first kappa shape index (κ1) is 21.3. The van der Waals surface area contributed by atoms with Gasteiger partial charge in [0, 0.05) is 11.3 Å². The van der Waals surface area contributed by atoms with Gasteiger partial charge in [-0.2, -0.15) is 0 Å². The smallest absolute Gasteiger partial charge is 0.265 e. The predicted octanol–water partition coefficient (Wildman–Crippen LogP) is 5.82. The Bertz CT molecular complexity index is 1220. The van der Waals surface area contributed by atoms with E-state index in [-0.39, 0.29) is 5.91 Å². The number of rotatable bonds is 7. The van der Waals surface area contributed by atoms with Crippen molar-refractivity contribution in [1.29, 1.82) is 0 Å². The van der Waals surface area contributed by atoms with Gasteiger partial charge in [-0.25, -0.2) is 0 Å². The van der Waals surface area contributed by atoms with Gasteiger partial charge in [0.1, 0.15) is 5.75 Å². The summed E-state index contributed by atoms with van der Waals surface area (Å²) in [6, 6.07) is 22.9. The number of para-hydroxylation sites is 1. The molecule has 0 aliphatic carbocycles. The fourth-order valence-corrected chi connectivity index (χ4v) is 3.33. The van der Waals surface area contributed by atoms with Crippen molar-refractivity contribution in [3.05, 3.63) is 83.9 Å². The zero-order valence-corrected chi connectivity index (χ0v) is 18.3. The largest absolute Gasteiger partial charge is 0.480 e. The van der Waals surface area contributed by atoms with Crippen LogP contribution < -0.4 is 10.1 Å². The molecule has 0 radical (unpaired) electrons. The first-order valence-corrected chi connectivity index (χ1v) is 10.6. The molecule has 1 atom stereocenters. The number of benzene rings is 3. The highest BCUT2D eigenvalue weighted by atomic mass is 16.5. The molecule has 1 amide bonds. The minimum absolute atomic E-state index is 0.202. The van der Waals surface area contributed by atoms with Crippen LogP contribution >= 0.6 is 0 Å². The number of carbonyl (C=O) groups excluding carboxylic acids is 1. The predicted molar refractivity (Wildman–Crippen MR) is 124 cm³/mol. The summed E-state index contributed by atoms with van der Waals surface area (Å²) >= 11 is 0. The summed E-state index contributed by atoms with van der Waals surface area (Å²) in [5.41, 5.74) is 4.34. The molecule has 0 spiro atoms. The van der Waals surface area contributed by atoms with E-state index >= 15 is 0 Å². The van der Waals surface area contributed by atoms with Crippen molar-refractivity contribution >= 4 is 11.6 Å². The van der Waals surface area contributed by atoms with E-state index in [4.69, 9.17) is 9.15 Å². The van der Waals surface area contributed by atoms with Crippen LogP contribution in [0.4, 0.5) is 5.69 Å². The Morgan fingerprint density at radius 3 is 2.47 bits per heavy atom. The zero-order chi connectivity index (χ0) is 22.5. The lowest BCUT2D eigenvalue weighted by Crippen LogP contribution is -2.32. The van der Waals surface area contributed by atoms with Gasteiger partial charge in [-0.05, 0) is 61.7 Å². The molecule has 0 saturated carbocycles. The van der Waals surface area contributed by atoms with Crippen molar-refractivity contribution < 1.29 is 13.9 Å². The summed E-state index contributed by atoms with van der Waals surface area (Å²) in [6.45, 7) is 5.87. The van der Waals surface area contributed by atoms with Crippen LogP contribution in [0.1, 0.15) is 24.5 Å². The number of carbonyl (C=O) groups is 1. The van der Waals surface area contributed by atoms with Gasteiger partial charge in [-0.1, -0.05) is 49.4 Å². The molecule has 4 aromatic rings. The lowest BCUT2D eigenvalue weighted by molar-refractivity contribution is -0.122. The molecule has 0 bridgehead atoms. The maximum atomic E-state index is 13.0. The maximum Gasteiger partial charge on any atom is 0.265 e. The van der Waals surface area contributed by atoms with Crippen LogP contribution in [-0.2, 0) is 4.79 Å². The molecule has 1 N–H and O–H groups in total. The third-order valence-corrected chi connectivity index (χ3v) is 5.15. The molecular weight excluding hydrogens is 402 g/mol. The van der Waals surface area contributed by atoms with Gasteiger partial charge in [-0.3, -0.25) is 4.79 Å². The molecule has 32 heavy (non-hydrogen) atoms. The van der Waals surface area contributed by atoms with E-state index in [1.54, 1.807) is 6.07 Å². The highest BCUT2D eigenvalue weighted by Crippen LogP contribution is 2.32. The molecule has 0 unspecified atom stereocenters. The lowest BCUT2D eigenvalue weighted by atomic mass is 10.1. The van der Waals surface area contributed by atoms with Crippen LogP contribution in [0.15, 0.2) is 77.2 Å². The van der Waals surface area contributed by atoms with Crippen molar-refractivity contribution in [1.82, 2.24) is 10.2 Å². The van der Waals surface area contributed by atoms with E-state index < -0.39 is 6.10 Å². The fraction of sp³-hybridized carbons (Fsp3) is 0.192. The second kappa shape index (κ2) is 9.47. The molecule has 0 aliphatic rings. The Balaban J connectivity index is 1.56. The van der Waals surface area contributed by atoms with E-state index in [1.807, 2.05) is 87.5 Å². The average Bonchev–Trinajstić information content (AvgIpc) is 3.31. The standard InChI is InChI=1S/C26H25N3O3/c1-4-22(24(30)27-21-16-17(2)14-15-18(21)3)31-23-13-9-8-12-20(23)26-29-28-25(32-26)19-10-6-5-7-11-19/h5-16,22H,4H2,1-3H3,(H,27,30)/t22-/m1/s1. The Morgan fingerprint density at radius 2 is 1.69 bits per heavy atom. The van der Waals surface area contributed by atoms with Crippen molar-refractivity contribution in [3.63, 3.8) is 0 Å². The molecule has 162 valence electrons. The van der Waals surface area contributed by atoms with Gasteiger partial charge < -0.3 is 14.5 Å². The van der Waals surface area contributed by atoms with Crippen LogP contribution in [0.2, 0.25) is 0 Å². The number of anilines is 1. The zero-order valence-electron chi connectivity index (χ0n) is 18.3. The number of amides is 1. The quantitative estimate of drug-likeness (QED) is 0.402. The molecule has 0 saturated heterocycles. The molecule has 4 rings (SSSR count).